The van der Waals surface area contributed by atoms with Gasteiger partial charge in [-0.1, -0.05) is 25.0 Å². The Morgan fingerprint density at radius 3 is 2.30 bits per heavy atom. The summed E-state index contributed by atoms with van der Waals surface area (Å²) < 4.78 is 40.0. The lowest BCUT2D eigenvalue weighted by molar-refractivity contribution is -0.274. The van der Waals surface area contributed by atoms with E-state index >= 15 is 0 Å². The average Bonchev–Trinajstić information content (AvgIpc) is 2.88. The molecule has 0 heterocycles. The first-order valence-corrected chi connectivity index (χ1v) is 6.49. The molecule has 1 atom stereocenters. The number of nitriles is 1. The van der Waals surface area contributed by atoms with Crippen LogP contribution in [0.15, 0.2) is 24.3 Å². The Hall–Kier alpha value is -1.74. The van der Waals surface area contributed by atoms with Gasteiger partial charge in [0.15, 0.2) is 0 Å². The predicted octanol–water partition coefficient (Wildman–Crippen LogP) is 3.68. The van der Waals surface area contributed by atoms with E-state index in [1.807, 2.05) is 0 Å². The Bertz CT molecular complexity index is 473. The summed E-state index contributed by atoms with van der Waals surface area (Å²) in [7, 11) is 0. The number of nitrogens with one attached hydrogen (secondary N) is 1. The molecule has 1 unspecified atom stereocenters. The van der Waals surface area contributed by atoms with Gasteiger partial charge in [-0.2, -0.15) is 5.26 Å². The maximum Gasteiger partial charge on any atom is 0.573 e. The predicted molar refractivity (Wildman–Crippen MR) is 66.9 cm³/mol. The average molecular weight is 284 g/mol. The maximum absolute atomic E-state index is 12.1. The van der Waals surface area contributed by atoms with Crippen LogP contribution in [0.25, 0.3) is 0 Å². The molecule has 0 aromatic heterocycles. The van der Waals surface area contributed by atoms with Crippen molar-refractivity contribution >= 4 is 0 Å². The quantitative estimate of drug-likeness (QED) is 0.917. The summed E-state index contributed by atoms with van der Waals surface area (Å²) in [5.41, 5.74) is 0.647. The van der Waals surface area contributed by atoms with Gasteiger partial charge in [0.25, 0.3) is 0 Å². The summed E-state index contributed by atoms with van der Waals surface area (Å²) in [6, 6.07) is 7.37. The van der Waals surface area contributed by atoms with E-state index in [0.717, 1.165) is 25.7 Å². The first kappa shape index (κ1) is 14.7. The maximum atomic E-state index is 12.1. The molecule has 1 aromatic rings. The second-order valence-corrected chi connectivity index (χ2v) is 4.83. The van der Waals surface area contributed by atoms with Crippen LogP contribution < -0.4 is 10.1 Å². The minimum absolute atomic E-state index is 0.279. The topological polar surface area (TPSA) is 45.0 Å². The van der Waals surface area contributed by atoms with Gasteiger partial charge in [0, 0.05) is 6.04 Å². The number of halogens is 3. The van der Waals surface area contributed by atoms with Crippen LogP contribution in [-0.4, -0.2) is 12.4 Å². The van der Waals surface area contributed by atoms with E-state index in [9.17, 15) is 18.4 Å². The van der Waals surface area contributed by atoms with Crippen molar-refractivity contribution in [3.63, 3.8) is 0 Å². The third-order valence-corrected chi connectivity index (χ3v) is 3.33. The first-order valence-electron chi connectivity index (χ1n) is 6.49. The minimum atomic E-state index is -4.70. The minimum Gasteiger partial charge on any atom is -0.406 e. The highest BCUT2D eigenvalue weighted by molar-refractivity contribution is 5.31. The van der Waals surface area contributed by atoms with Crippen molar-refractivity contribution in [2.45, 2.75) is 44.1 Å². The van der Waals surface area contributed by atoms with Crippen LogP contribution in [0.3, 0.4) is 0 Å². The van der Waals surface area contributed by atoms with Crippen LogP contribution in [0.5, 0.6) is 5.75 Å². The Balaban J connectivity index is 2.01. The van der Waals surface area contributed by atoms with E-state index in [4.69, 9.17) is 0 Å². The normalized spacial score (nSPS) is 17.7. The Morgan fingerprint density at radius 2 is 1.80 bits per heavy atom. The molecular weight excluding hydrogens is 269 g/mol. The molecule has 0 bridgehead atoms. The highest BCUT2D eigenvalue weighted by Crippen LogP contribution is 2.26. The molecule has 3 nitrogen and oxygen atoms in total. The van der Waals surface area contributed by atoms with Gasteiger partial charge in [-0.3, -0.25) is 5.32 Å². The molecule has 0 amide bonds. The lowest BCUT2D eigenvalue weighted by Gasteiger charge is -2.17. The zero-order valence-corrected chi connectivity index (χ0v) is 10.8. The third kappa shape index (κ3) is 4.14. The van der Waals surface area contributed by atoms with Crippen molar-refractivity contribution in [3.8, 4) is 11.8 Å². The van der Waals surface area contributed by atoms with Gasteiger partial charge >= 0.3 is 6.36 Å². The molecule has 108 valence electrons. The highest BCUT2D eigenvalue weighted by Gasteiger charge is 2.31. The van der Waals surface area contributed by atoms with Crippen molar-refractivity contribution in [3.05, 3.63) is 29.8 Å². The number of hydrogen-bond acceptors (Lipinski definition) is 3. The molecule has 1 aliphatic carbocycles. The summed E-state index contributed by atoms with van der Waals surface area (Å²) in [5.74, 6) is -0.279. The molecular formula is C14H15F3N2O. The van der Waals surface area contributed by atoms with E-state index in [2.05, 4.69) is 16.1 Å². The van der Waals surface area contributed by atoms with E-state index < -0.39 is 12.4 Å². The van der Waals surface area contributed by atoms with Crippen LogP contribution in [0.1, 0.15) is 37.3 Å². The second kappa shape index (κ2) is 6.14. The SMILES string of the molecule is N#CC(NC1CCCC1)c1ccc(OC(F)(F)F)cc1. The molecule has 0 aliphatic heterocycles. The monoisotopic (exact) mass is 284 g/mol. The summed E-state index contributed by atoms with van der Waals surface area (Å²) >= 11 is 0. The van der Waals surface area contributed by atoms with Crippen molar-refractivity contribution in [2.24, 2.45) is 0 Å². The van der Waals surface area contributed by atoms with Crippen molar-refractivity contribution in [1.29, 1.82) is 5.26 Å². The number of benzene rings is 1. The van der Waals surface area contributed by atoms with Gasteiger partial charge in [0.05, 0.1) is 6.07 Å². The molecule has 20 heavy (non-hydrogen) atoms. The number of hydrogen-bond donors (Lipinski definition) is 1. The first-order chi connectivity index (χ1) is 9.48. The van der Waals surface area contributed by atoms with Gasteiger partial charge < -0.3 is 4.74 Å². The standard InChI is InChI=1S/C14H15F3N2O/c15-14(16,17)20-12-7-5-10(6-8-12)13(9-18)19-11-3-1-2-4-11/h5-8,11,13,19H,1-4H2. The molecule has 0 radical (unpaired) electrons. The van der Waals surface area contributed by atoms with Crippen LogP contribution in [0.2, 0.25) is 0 Å². The van der Waals surface area contributed by atoms with E-state index in [1.54, 1.807) is 0 Å². The van der Waals surface area contributed by atoms with Gasteiger partial charge in [0.2, 0.25) is 0 Å². The molecule has 1 saturated carbocycles. The lowest BCUT2D eigenvalue weighted by atomic mass is 10.1. The van der Waals surface area contributed by atoms with Crippen molar-refractivity contribution in [1.82, 2.24) is 5.32 Å². The summed E-state index contributed by atoms with van der Waals surface area (Å²) in [5, 5.41) is 12.4. The molecule has 0 spiro atoms. The number of rotatable bonds is 4. The van der Waals surface area contributed by atoms with Crippen molar-refractivity contribution < 1.29 is 17.9 Å². The Kier molecular flexibility index (Phi) is 4.50. The molecule has 1 aliphatic rings. The smallest absolute Gasteiger partial charge is 0.406 e. The Morgan fingerprint density at radius 1 is 1.20 bits per heavy atom. The van der Waals surface area contributed by atoms with Gasteiger partial charge in [-0.15, -0.1) is 13.2 Å². The lowest BCUT2D eigenvalue weighted by Crippen LogP contribution is -2.29. The molecule has 6 heteroatoms. The van der Waals surface area contributed by atoms with Gasteiger partial charge in [-0.25, -0.2) is 0 Å². The third-order valence-electron chi connectivity index (χ3n) is 3.33. The number of ether oxygens (including phenoxy) is 1. The summed E-state index contributed by atoms with van der Waals surface area (Å²) in [6.07, 6.45) is -0.332. The molecule has 1 aromatic carbocycles. The van der Waals surface area contributed by atoms with E-state index in [1.165, 1.54) is 24.3 Å². The zero-order chi connectivity index (χ0) is 14.6. The van der Waals surface area contributed by atoms with Crippen LogP contribution in [0, 0.1) is 11.3 Å². The van der Waals surface area contributed by atoms with Gasteiger partial charge in [-0.05, 0) is 30.5 Å². The fourth-order valence-corrected chi connectivity index (χ4v) is 2.40. The largest absolute Gasteiger partial charge is 0.573 e. The van der Waals surface area contributed by atoms with E-state index in [-0.39, 0.29) is 5.75 Å². The zero-order valence-electron chi connectivity index (χ0n) is 10.8. The molecule has 0 saturated heterocycles. The fourth-order valence-electron chi connectivity index (χ4n) is 2.40. The molecule has 1 fully saturated rings. The summed E-state index contributed by atoms with van der Waals surface area (Å²) in [6.45, 7) is 0. The molecule has 2 rings (SSSR count). The number of alkyl halides is 3. The van der Waals surface area contributed by atoms with E-state index in [0.29, 0.717) is 11.6 Å². The van der Waals surface area contributed by atoms with Crippen LogP contribution in [-0.2, 0) is 0 Å². The van der Waals surface area contributed by atoms with Crippen LogP contribution in [0.4, 0.5) is 13.2 Å². The highest BCUT2D eigenvalue weighted by atomic mass is 19.4. The summed E-state index contributed by atoms with van der Waals surface area (Å²) in [4.78, 5) is 0. The molecule has 1 N–H and O–H groups in total. The second-order valence-electron chi connectivity index (χ2n) is 4.83. The fraction of sp³-hybridized carbons (Fsp3) is 0.500. The Labute approximate surface area is 115 Å². The number of nitrogens with zero attached hydrogens (tertiary/aromatic N) is 1. The van der Waals surface area contributed by atoms with Crippen molar-refractivity contribution in [2.75, 3.05) is 0 Å². The van der Waals surface area contributed by atoms with Crippen LogP contribution >= 0.6 is 0 Å². The van der Waals surface area contributed by atoms with Gasteiger partial charge in [0.1, 0.15) is 11.8 Å².